The van der Waals surface area contributed by atoms with Crippen LogP contribution in [0.25, 0.3) is 0 Å². The summed E-state index contributed by atoms with van der Waals surface area (Å²) in [7, 11) is 0. The Labute approximate surface area is 126 Å². The van der Waals surface area contributed by atoms with Crippen molar-refractivity contribution < 1.29 is 14.6 Å². The Morgan fingerprint density at radius 1 is 1.38 bits per heavy atom. The summed E-state index contributed by atoms with van der Waals surface area (Å²) in [6.07, 6.45) is 5.77. The Morgan fingerprint density at radius 2 is 2.10 bits per heavy atom. The Kier molecular flexibility index (Phi) is 4.96. The monoisotopic (exact) mass is 288 g/mol. The number of allylic oxidation sites excluding steroid dienone is 1. The third-order valence-electron chi connectivity index (χ3n) is 4.14. The minimum Gasteiger partial charge on any atom is -0.396 e. The first kappa shape index (κ1) is 15.9. The highest BCUT2D eigenvalue weighted by molar-refractivity contribution is 5.87. The van der Waals surface area contributed by atoms with Gasteiger partial charge < -0.3 is 9.84 Å². The second-order valence-corrected chi connectivity index (χ2v) is 6.45. The molecule has 21 heavy (non-hydrogen) atoms. The van der Waals surface area contributed by atoms with Gasteiger partial charge in [-0.2, -0.15) is 0 Å². The molecule has 2 rings (SSSR count). The second-order valence-electron chi connectivity index (χ2n) is 6.45. The fourth-order valence-corrected chi connectivity index (χ4v) is 3.13. The van der Waals surface area contributed by atoms with Crippen molar-refractivity contribution in [1.29, 1.82) is 0 Å². The molecule has 1 aliphatic rings. The number of carbonyl (C=O) groups excluding carboxylic acids is 1. The van der Waals surface area contributed by atoms with Gasteiger partial charge in [-0.3, -0.25) is 4.79 Å². The molecule has 1 aliphatic heterocycles. The number of rotatable bonds is 6. The zero-order valence-electron chi connectivity index (χ0n) is 12.8. The topological polar surface area (TPSA) is 46.5 Å². The van der Waals surface area contributed by atoms with Gasteiger partial charge in [0.2, 0.25) is 0 Å². The average Bonchev–Trinajstić information content (AvgIpc) is 2.78. The lowest BCUT2D eigenvalue weighted by Gasteiger charge is -2.27. The van der Waals surface area contributed by atoms with Crippen molar-refractivity contribution in [1.82, 2.24) is 0 Å². The van der Waals surface area contributed by atoms with Crippen LogP contribution in [0.15, 0.2) is 42.5 Å². The molecule has 114 valence electrons. The quantitative estimate of drug-likeness (QED) is 0.819. The zero-order chi connectivity index (χ0) is 15.3. The van der Waals surface area contributed by atoms with Crippen molar-refractivity contribution in [2.75, 3.05) is 13.2 Å². The Balaban J connectivity index is 2.04. The van der Waals surface area contributed by atoms with Gasteiger partial charge >= 0.3 is 0 Å². The Morgan fingerprint density at radius 3 is 2.71 bits per heavy atom. The van der Waals surface area contributed by atoms with E-state index < -0.39 is 0 Å². The van der Waals surface area contributed by atoms with Gasteiger partial charge in [-0.15, -0.1) is 0 Å². The van der Waals surface area contributed by atoms with Crippen LogP contribution in [0.5, 0.6) is 0 Å². The van der Waals surface area contributed by atoms with E-state index in [4.69, 9.17) is 4.74 Å². The van der Waals surface area contributed by atoms with Crippen LogP contribution in [-0.4, -0.2) is 29.7 Å². The minimum absolute atomic E-state index is 0.0503. The third-order valence-corrected chi connectivity index (χ3v) is 4.14. The van der Waals surface area contributed by atoms with Gasteiger partial charge in [0.1, 0.15) is 0 Å². The first-order valence-electron chi connectivity index (χ1n) is 7.43. The molecular formula is C18H24O3. The highest BCUT2D eigenvalue weighted by Gasteiger charge is 2.45. The van der Waals surface area contributed by atoms with Gasteiger partial charge in [0.25, 0.3) is 0 Å². The molecule has 1 heterocycles. The number of ether oxygens (including phenoxy) is 1. The maximum absolute atomic E-state index is 11.0. The lowest BCUT2D eigenvalue weighted by Crippen LogP contribution is -2.31. The smallest absolute Gasteiger partial charge is 0.152 e. The van der Waals surface area contributed by atoms with Crippen LogP contribution in [-0.2, 0) is 16.0 Å². The number of aliphatic hydroxyl groups excluding tert-OH is 1. The van der Waals surface area contributed by atoms with Crippen LogP contribution in [0.3, 0.4) is 0 Å². The highest BCUT2D eigenvalue weighted by Crippen LogP contribution is 2.43. The van der Waals surface area contributed by atoms with E-state index in [1.807, 2.05) is 24.3 Å². The molecule has 1 aromatic carbocycles. The van der Waals surface area contributed by atoms with Crippen molar-refractivity contribution in [2.24, 2.45) is 5.41 Å². The summed E-state index contributed by atoms with van der Waals surface area (Å²) < 4.78 is 5.98. The SMILES string of the molecule is CC(=O)/C=C/CC1(C)CC(CO)(Cc2ccccc2)CO1. The first-order valence-corrected chi connectivity index (χ1v) is 7.43. The van der Waals surface area contributed by atoms with Crippen LogP contribution in [0.2, 0.25) is 0 Å². The molecule has 3 nitrogen and oxygen atoms in total. The Bertz CT molecular complexity index is 508. The predicted molar refractivity (Wildman–Crippen MR) is 83.1 cm³/mol. The summed E-state index contributed by atoms with van der Waals surface area (Å²) in [4.78, 5) is 11.0. The lowest BCUT2D eigenvalue weighted by molar-refractivity contribution is -0.112. The lowest BCUT2D eigenvalue weighted by atomic mass is 9.76. The number of hydrogen-bond donors (Lipinski definition) is 1. The molecule has 0 bridgehead atoms. The highest BCUT2D eigenvalue weighted by atomic mass is 16.5. The molecule has 1 aromatic rings. The van der Waals surface area contributed by atoms with E-state index >= 15 is 0 Å². The van der Waals surface area contributed by atoms with Crippen LogP contribution in [0.4, 0.5) is 0 Å². The average molecular weight is 288 g/mol. The standard InChI is InChI=1S/C18H24O3/c1-15(20)7-6-10-17(2)12-18(13-19,14-21-17)11-16-8-4-3-5-9-16/h3-9,19H,10-14H2,1-2H3/b7-6+. The van der Waals surface area contributed by atoms with Crippen LogP contribution >= 0.6 is 0 Å². The van der Waals surface area contributed by atoms with E-state index in [1.165, 1.54) is 5.56 Å². The predicted octanol–water partition coefficient (Wildman–Crippen LogP) is 2.92. The van der Waals surface area contributed by atoms with Crippen LogP contribution in [0.1, 0.15) is 32.3 Å². The molecule has 1 N–H and O–H groups in total. The molecule has 0 radical (unpaired) electrons. The molecule has 1 saturated heterocycles. The molecular weight excluding hydrogens is 264 g/mol. The van der Waals surface area contributed by atoms with E-state index in [1.54, 1.807) is 13.0 Å². The second kappa shape index (κ2) is 6.54. The fourth-order valence-electron chi connectivity index (χ4n) is 3.13. The van der Waals surface area contributed by atoms with Crippen molar-refractivity contribution in [3.63, 3.8) is 0 Å². The van der Waals surface area contributed by atoms with E-state index in [-0.39, 0.29) is 23.4 Å². The molecule has 0 saturated carbocycles. The van der Waals surface area contributed by atoms with Crippen LogP contribution < -0.4 is 0 Å². The van der Waals surface area contributed by atoms with E-state index in [2.05, 4.69) is 19.1 Å². The third kappa shape index (κ3) is 4.26. The van der Waals surface area contributed by atoms with Gasteiger partial charge in [-0.05, 0) is 44.7 Å². The fraction of sp³-hybridized carbons (Fsp3) is 0.500. The molecule has 0 spiro atoms. The van der Waals surface area contributed by atoms with Crippen molar-refractivity contribution in [2.45, 2.75) is 38.7 Å². The largest absolute Gasteiger partial charge is 0.396 e. The number of aliphatic hydroxyl groups is 1. The molecule has 0 amide bonds. The van der Waals surface area contributed by atoms with E-state index in [9.17, 15) is 9.90 Å². The number of ketones is 1. The number of hydrogen-bond acceptors (Lipinski definition) is 3. The zero-order valence-corrected chi connectivity index (χ0v) is 12.8. The van der Waals surface area contributed by atoms with Gasteiger partial charge in [0.15, 0.2) is 5.78 Å². The maximum atomic E-state index is 11.0. The van der Waals surface area contributed by atoms with E-state index in [0.717, 1.165) is 12.8 Å². The normalized spacial score (nSPS) is 29.1. The molecule has 0 aliphatic carbocycles. The Hall–Kier alpha value is -1.45. The van der Waals surface area contributed by atoms with Crippen molar-refractivity contribution in [3.05, 3.63) is 48.0 Å². The number of carbonyl (C=O) groups is 1. The van der Waals surface area contributed by atoms with Gasteiger partial charge in [0, 0.05) is 5.41 Å². The molecule has 2 atom stereocenters. The summed E-state index contributed by atoms with van der Waals surface area (Å²) in [5, 5.41) is 9.87. The summed E-state index contributed by atoms with van der Waals surface area (Å²) in [6, 6.07) is 10.2. The minimum atomic E-state index is -0.302. The molecule has 2 unspecified atom stereocenters. The molecule has 3 heteroatoms. The van der Waals surface area contributed by atoms with Crippen LogP contribution in [0, 0.1) is 5.41 Å². The van der Waals surface area contributed by atoms with Gasteiger partial charge in [-0.25, -0.2) is 0 Å². The first-order chi connectivity index (χ1) is 9.97. The van der Waals surface area contributed by atoms with Gasteiger partial charge in [-0.1, -0.05) is 36.4 Å². The maximum Gasteiger partial charge on any atom is 0.152 e. The van der Waals surface area contributed by atoms with Crippen molar-refractivity contribution in [3.8, 4) is 0 Å². The number of benzene rings is 1. The molecule has 0 aromatic heterocycles. The molecule has 1 fully saturated rings. The summed E-state index contributed by atoms with van der Waals surface area (Å²) in [5.41, 5.74) is 0.697. The summed E-state index contributed by atoms with van der Waals surface area (Å²) in [6.45, 7) is 4.28. The summed E-state index contributed by atoms with van der Waals surface area (Å²) in [5.74, 6) is 0.0503. The summed E-state index contributed by atoms with van der Waals surface area (Å²) >= 11 is 0. The van der Waals surface area contributed by atoms with Gasteiger partial charge in [0.05, 0.1) is 18.8 Å². The van der Waals surface area contributed by atoms with Crippen molar-refractivity contribution >= 4 is 5.78 Å². The van der Waals surface area contributed by atoms with E-state index in [0.29, 0.717) is 13.0 Å².